The van der Waals surface area contributed by atoms with Crippen LogP contribution < -0.4 is 20.3 Å². The van der Waals surface area contributed by atoms with E-state index in [1.54, 1.807) is 13.3 Å². The van der Waals surface area contributed by atoms with Gasteiger partial charge in [-0.1, -0.05) is 30.8 Å². The Balaban J connectivity index is 1.48. The fraction of sp³-hybridized carbons (Fsp3) is 0.241. The topological polar surface area (TPSA) is 100 Å². The van der Waals surface area contributed by atoms with Crippen molar-refractivity contribution in [3.8, 4) is 22.8 Å². The maximum absolute atomic E-state index is 12.3. The SMILES string of the molecule is C=CC(=O)Nc1cc(Nc2nccc(-n3ncc4c3-c3ccccc3C4)n2)c(OC)cc1N(C)CCN(C)C. The van der Waals surface area contributed by atoms with Gasteiger partial charge in [-0.3, -0.25) is 4.79 Å². The van der Waals surface area contributed by atoms with Crippen molar-refractivity contribution in [2.45, 2.75) is 6.42 Å². The Labute approximate surface area is 227 Å². The van der Waals surface area contributed by atoms with Gasteiger partial charge in [-0.05, 0) is 31.8 Å². The lowest BCUT2D eigenvalue weighted by Crippen LogP contribution is -2.29. The number of nitrogens with zero attached hydrogens (tertiary/aromatic N) is 6. The molecule has 2 aromatic carbocycles. The van der Waals surface area contributed by atoms with E-state index in [9.17, 15) is 4.79 Å². The van der Waals surface area contributed by atoms with Gasteiger partial charge in [0.2, 0.25) is 11.9 Å². The van der Waals surface area contributed by atoms with E-state index in [-0.39, 0.29) is 5.91 Å². The van der Waals surface area contributed by atoms with Gasteiger partial charge >= 0.3 is 0 Å². The fourth-order valence-electron chi connectivity index (χ4n) is 4.64. The summed E-state index contributed by atoms with van der Waals surface area (Å²) in [6, 6.07) is 13.9. The standard InChI is InChI=1S/C29H32N8O2/c1-6-27(38)32-22-16-23(25(39-5)17-24(22)36(4)14-13-35(2)3)33-29-30-12-11-26(34-29)37-28-20(18-31-37)15-19-9-7-8-10-21(19)28/h6-12,16-18H,1,13-15H2,2-5H3,(H,32,38)(H,30,33,34). The minimum atomic E-state index is -0.306. The van der Waals surface area contributed by atoms with Crippen LogP contribution in [-0.2, 0) is 11.2 Å². The van der Waals surface area contributed by atoms with Gasteiger partial charge in [-0.15, -0.1) is 0 Å². The molecule has 0 bridgehead atoms. The van der Waals surface area contributed by atoms with Crippen LogP contribution in [0.15, 0.2) is 67.5 Å². The van der Waals surface area contributed by atoms with E-state index in [1.165, 1.54) is 17.2 Å². The number of fused-ring (bicyclic) bond motifs is 3. The number of benzene rings is 2. The number of methoxy groups -OCH3 is 1. The third kappa shape index (κ3) is 5.32. The van der Waals surface area contributed by atoms with Crippen LogP contribution >= 0.6 is 0 Å². The Hall–Kier alpha value is -4.70. The number of hydrogen-bond acceptors (Lipinski definition) is 8. The molecule has 2 aromatic heterocycles. The normalized spacial score (nSPS) is 11.6. The second kappa shape index (κ2) is 11.0. The highest BCUT2D eigenvalue weighted by Crippen LogP contribution is 2.39. The molecule has 0 aliphatic heterocycles. The summed E-state index contributed by atoms with van der Waals surface area (Å²) in [4.78, 5) is 25.6. The first-order valence-electron chi connectivity index (χ1n) is 12.6. The molecule has 0 radical (unpaired) electrons. The number of rotatable bonds is 10. The Morgan fingerprint density at radius 2 is 1.95 bits per heavy atom. The molecule has 1 aliphatic carbocycles. The molecular weight excluding hydrogens is 492 g/mol. The minimum absolute atomic E-state index is 0.306. The van der Waals surface area contributed by atoms with Crippen LogP contribution in [0.5, 0.6) is 5.75 Å². The first-order valence-corrected chi connectivity index (χ1v) is 12.6. The predicted molar refractivity (Wildman–Crippen MR) is 154 cm³/mol. The number of ether oxygens (including phenoxy) is 1. The molecule has 1 amide bonds. The first kappa shape index (κ1) is 25.9. The Bertz CT molecular complexity index is 1530. The lowest BCUT2D eigenvalue weighted by molar-refractivity contribution is -0.111. The molecule has 2 N–H and O–H groups in total. The molecule has 0 spiro atoms. The Morgan fingerprint density at radius 3 is 2.72 bits per heavy atom. The summed E-state index contributed by atoms with van der Waals surface area (Å²) in [6.07, 6.45) is 5.69. The average Bonchev–Trinajstić information content (AvgIpc) is 3.51. The zero-order valence-electron chi connectivity index (χ0n) is 22.6. The number of carbonyl (C=O) groups is 1. The molecule has 5 rings (SSSR count). The average molecular weight is 525 g/mol. The lowest BCUT2D eigenvalue weighted by Gasteiger charge is -2.26. The van der Waals surface area contributed by atoms with Crippen LogP contribution in [0.25, 0.3) is 17.1 Å². The van der Waals surface area contributed by atoms with Crippen LogP contribution in [0.4, 0.5) is 23.0 Å². The molecular formula is C29H32N8O2. The molecule has 1 aliphatic rings. The van der Waals surface area contributed by atoms with Gasteiger partial charge in [-0.2, -0.15) is 10.1 Å². The van der Waals surface area contributed by atoms with Crippen molar-refractivity contribution in [1.29, 1.82) is 0 Å². The highest BCUT2D eigenvalue weighted by atomic mass is 16.5. The Morgan fingerprint density at radius 1 is 1.13 bits per heavy atom. The van der Waals surface area contributed by atoms with Gasteiger partial charge < -0.3 is 25.2 Å². The van der Waals surface area contributed by atoms with Gasteiger partial charge in [0.15, 0.2) is 5.82 Å². The second-order valence-electron chi connectivity index (χ2n) is 9.62. The molecule has 0 saturated heterocycles. The first-order chi connectivity index (χ1) is 18.9. The van der Waals surface area contributed by atoms with E-state index in [1.807, 2.05) is 56.3 Å². The van der Waals surface area contributed by atoms with E-state index in [0.717, 1.165) is 36.5 Å². The zero-order chi connectivity index (χ0) is 27.5. The van der Waals surface area contributed by atoms with Crippen molar-refractivity contribution >= 4 is 28.9 Å². The highest BCUT2D eigenvalue weighted by Gasteiger charge is 2.24. The number of anilines is 4. The van der Waals surface area contributed by atoms with Crippen LogP contribution in [0, 0.1) is 0 Å². The predicted octanol–water partition coefficient (Wildman–Crippen LogP) is 4.11. The van der Waals surface area contributed by atoms with Crippen molar-refractivity contribution in [2.24, 2.45) is 0 Å². The monoisotopic (exact) mass is 524 g/mol. The van der Waals surface area contributed by atoms with E-state index in [2.05, 4.69) is 55.3 Å². The molecule has 4 aromatic rings. The van der Waals surface area contributed by atoms with Crippen LogP contribution in [0.3, 0.4) is 0 Å². The number of hydrogen-bond donors (Lipinski definition) is 2. The van der Waals surface area contributed by atoms with Gasteiger partial charge in [0, 0.05) is 56.0 Å². The van der Waals surface area contributed by atoms with Gasteiger partial charge in [0.1, 0.15) is 5.75 Å². The van der Waals surface area contributed by atoms with Crippen LogP contribution in [-0.4, -0.2) is 71.9 Å². The number of nitrogens with one attached hydrogen (secondary N) is 2. The quantitative estimate of drug-likeness (QED) is 0.263. The summed E-state index contributed by atoms with van der Waals surface area (Å²) in [5.41, 5.74) is 6.69. The summed E-state index contributed by atoms with van der Waals surface area (Å²) in [5.74, 6) is 1.29. The summed E-state index contributed by atoms with van der Waals surface area (Å²) in [5, 5.41) is 10.8. The van der Waals surface area contributed by atoms with Gasteiger partial charge in [-0.25, -0.2) is 9.67 Å². The molecule has 10 heteroatoms. The maximum atomic E-state index is 12.3. The third-order valence-electron chi connectivity index (χ3n) is 6.66. The zero-order valence-corrected chi connectivity index (χ0v) is 22.6. The molecule has 0 fully saturated rings. The number of likely N-dealkylation sites (N-methyl/N-ethyl adjacent to an activating group) is 2. The number of carbonyl (C=O) groups excluding carboxylic acids is 1. The molecule has 0 atom stereocenters. The number of amides is 1. The van der Waals surface area contributed by atoms with Crippen molar-refractivity contribution in [1.82, 2.24) is 24.6 Å². The van der Waals surface area contributed by atoms with Crippen molar-refractivity contribution in [3.63, 3.8) is 0 Å². The Kier molecular flexibility index (Phi) is 7.29. The van der Waals surface area contributed by atoms with Crippen molar-refractivity contribution < 1.29 is 9.53 Å². The smallest absolute Gasteiger partial charge is 0.247 e. The van der Waals surface area contributed by atoms with Gasteiger partial charge in [0.05, 0.1) is 36.1 Å². The maximum Gasteiger partial charge on any atom is 0.247 e. The largest absolute Gasteiger partial charge is 0.494 e. The van der Waals surface area contributed by atoms with E-state index in [0.29, 0.717) is 28.9 Å². The summed E-state index contributed by atoms with van der Waals surface area (Å²) in [6.45, 7) is 5.18. The molecule has 0 unspecified atom stereocenters. The highest BCUT2D eigenvalue weighted by molar-refractivity contribution is 6.02. The van der Waals surface area contributed by atoms with Gasteiger partial charge in [0.25, 0.3) is 0 Å². The van der Waals surface area contributed by atoms with Crippen LogP contribution in [0.1, 0.15) is 11.1 Å². The third-order valence-corrected chi connectivity index (χ3v) is 6.66. The van der Waals surface area contributed by atoms with E-state index in [4.69, 9.17) is 9.72 Å². The van der Waals surface area contributed by atoms with E-state index < -0.39 is 0 Å². The summed E-state index contributed by atoms with van der Waals surface area (Å²) in [7, 11) is 7.62. The van der Waals surface area contributed by atoms with Crippen molar-refractivity contribution in [2.75, 3.05) is 56.9 Å². The molecule has 10 nitrogen and oxygen atoms in total. The van der Waals surface area contributed by atoms with E-state index >= 15 is 0 Å². The van der Waals surface area contributed by atoms with Crippen molar-refractivity contribution in [3.05, 3.63) is 78.6 Å². The summed E-state index contributed by atoms with van der Waals surface area (Å²) < 4.78 is 7.57. The molecule has 39 heavy (non-hydrogen) atoms. The molecule has 200 valence electrons. The van der Waals surface area contributed by atoms with Crippen LogP contribution in [0.2, 0.25) is 0 Å². The fourth-order valence-corrected chi connectivity index (χ4v) is 4.64. The summed E-state index contributed by atoms with van der Waals surface area (Å²) >= 11 is 0. The number of aromatic nitrogens is 4. The molecule has 0 saturated carbocycles. The minimum Gasteiger partial charge on any atom is -0.494 e. The lowest BCUT2D eigenvalue weighted by atomic mass is 10.1. The molecule has 2 heterocycles. The second-order valence-corrected chi connectivity index (χ2v) is 9.62.